The molecule has 0 bridgehead atoms. The maximum Gasteiger partial charge on any atom is 0.408 e. The lowest BCUT2D eigenvalue weighted by Crippen LogP contribution is -2.59. The Bertz CT molecular complexity index is 2770. The molecule has 0 radical (unpaired) electrons. The number of carbonyl (C=O) groups excluding carboxylic acids is 7. The number of rotatable bonds is 20. The second-order valence-electron chi connectivity index (χ2n) is 22.4. The first-order valence-corrected chi connectivity index (χ1v) is 27.3. The number of primary amides is 1. The van der Waals surface area contributed by atoms with Crippen LogP contribution in [0.4, 0.5) is 15.3 Å². The third-order valence-corrected chi connectivity index (χ3v) is 15.1. The number of β-amino-alcohol motifs (C(OH)–C–C–N with tert-alkyl or cyclic N) is 1. The molecule has 8 amide bonds. The highest BCUT2D eigenvalue weighted by molar-refractivity contribution is 7.13. The zero-order valence-electron chi connectivity index (χ0n) is 45.4. The van der Waals surface area contributed by atoms with Crippen LogP contribution in [0.15, 0.2) is 72.2 Å². The van der Waals surface area contributed by atoms with Crippen molar-refractivity contribution in [3.05, 3.63) is 106 Å². The molecule has 1 fully saturated rings. The molecule has 7 atom stereocenters. The van der Waals surface area contributed by atoms with E-state index >= 15 is 0 Å². The van der Waals surface area contributed by atoms with Gasteiger partial charge in [-0.15, -0.1) is 11.3 Å². The second-order valence-corrected chi connectivity index (χ2v) is 23.3. The number of para-hydroxylation sites is 1. The van der Waals surface area contributed by atoms with Gasteiger partial charge < -0.3 is 51.8 Å². The van der Waals surface area contributed by atoms with Crippen molar-refractivity contribution in [1.82, 2.24) is 36.5 Å². The Morgan fingerprint density at radius 2 is 1.57 bits per heavy atom. The van der Waals surface area contributed by atoms with Crippen LogP contribution in [0, 0.1) is 12.3 Å². The number of aryl methyl sites for hydroxylation is 3. The topological polar surface area (TPSA) is 264 Å². The molecule has 7 rings (SSSR count). The van der Waals surface area contributed by atoms with Crippen LogP contribution in [0.2, 0.25) is 0 Å². The number of nitrogens with two attached hydrogens (primary N) is 1. The van der Waals surface area contributed by atoms with Crippen LogP contribution in [0.5, 0.6) is 0 Å². The Balaban J connectivity index is 0.875. The van der Waals surface area contributed by atoms with Gasteiger partial charge in [0.25, 0.3) is 0 Å². The Kier molecular flexibility index (Phi) is 18.8. The zero-order valence-corrected chi connectivity index (χ0v) is 46.2. The number of aromatic nitrogens is 1. The molecule has 77 heavy (non-hydrogen) atoms. The highest BCUT2D eigenvalue weighted by atomic mass is 32.1. The predicted octanol–water partition coefficient (Wildman–Crippen LogP) is 5.50. The third kappa shape index (κ3) is 15.2. The molecule has 4 aromatic rings. The lowest BCUT2D eigenvalue weighted by atomic mass is 9.85. The summed E-state index contributed by atoms with van der Waals surface area (Å²) in [6, 6.07) is 16.5. The van der Waals surface area contributed by atoms with Crippen molar-refractivity contribution < 1.29 is 48.1 Å². The molecule has 19 nitrogen and oxygen atoms in total. The number of alkyl carbamates (subject to hydrolysis) is 1. The average Bonchev–Trinajstić information content (AvgIpc) is 4.14. The Labute approximate surface area is 454 Å². The largest absolute Gasteiger partial charge is 0.444 e. The van der Waals surface area contributed by atoms with E-state index in [4.69, 9.17) is 15.2 Å². The Morgan fingerprint density at radius 3 is 2.23 bits per heavy atom. The van der Waals surface area contributed by atoms with Gasteiger partial charge in [0.2, 0.25) is 29.5 Å². The van der Waals surface area contributed by atoms with Crippen LogP contribution in [0.1, 0.15) is 114 Å². The summed E-state index contributed by atoms with van der Waals surface area (Å²) in [7, 11) is 0. The van der Waals surface area contributed by atoms with Crippen molar-refractivity contribution in [2.75, 3.05) is 18.0 Å². The van der Waals surface area contributed by atoms with E-state index in [1.807, 2.05) is 101 Å². The molecule has 3 aromatic carbocycles. The van der Waals surface area contributed by atoms with Gasteiger partial charge in [0.1, 0.15) is 29.8 Å². The molecule has 1 saturated heterocycles. The van der Waals surface area contributed by atoms with Crippen molar-refractivity contribution in [2.24, 2.45) is 11.1 Å². The molecule has 1 aromatic heterocycles. The average molecular weight is 1080 g/mol. The van der Waals surface area contributed by atoms with Crippen molar-refractivity contribution in [1.29, 1.82) is 0 Å². The van der Waals surface area contributed by atoms with Crippen molar-refractivity contribution in [3.8, 4) is 10.4 Å². The number of aliphatic hydroxyl groups is 1. The summed E-state index contributed by atoms with van der Waals surface area (Å²) in [5.74, 6) is -2.19. The SMILES string of the molecule is Cc1ncsc1-c1ccc(CNC(=O)[C@@H]2C[C@@H](O)CN2C(=O)[C@@H](NC(=O)NCCCc2ccc(CO[C@H](C)[C@H](CCC(N)=O)NC(=O)[C@@H]3Cc4cccc5c4N3C(=O)[C@@H](NC(=O)OC(C)(C)C)CC5)cc2)C(C)(C)C)cc1. The Hall–Kier alpha value is -6.90. The summed E-state index contributed by atoms with van der Waals surface area (Å²) < 4.78 is 11.7. The van der Waals surface area contributed by atoms with Crippen LogP contribution in [-0.4, -0.2) is 118 Å². The van der Waals surface area contributed by atoms with Crippen LogP contribution in [-0.2, 0) is 65.9 Å². The first-order valence-electron chi connectivity index (χ1n) is 26.5. The lowest BCUT2D eigenvalue weighted by Gasteiger charge is -2.35. The van der Waals surface area contributed by atoms with Gasteiger partial charge in [0, 0.05) is 38.9 Å². The van der Waals surface area contributed by atoms with E-state index in [1.165, 1.54) is 9.80 Å². The number of ether oxygens (including phenoxy) is 2. The number of amides is 8. The van der Waals surface area contributed by atoms with E-state index < -0.39 is 89.2 Å². The van der Waals surface area contributed by atoms with Crippen molar-refractivity contribution >= 4 is 58.7 Å². The van der Waals surface area contributed by atoms with Gasteiger partial charge >= 0.3 is 12.1 Å². The van der Waals surface area contributed by atoms with Crippen molar-refractivity contribution in [2.45, 2.75) is 168 Å². The summed E-state index contributed by atoms with van der Waals surface area (Å²) in [6.07, 6.45) is 0.463. The van der Waals surface area contributed by atoms with Crippen LogP contribution in [0.3, 0.4) is 0 Å². The fourth-order valence-electron chi connectivity index (χ4n) is 10.0. The lowest BCUT2D eigenvalue weighted by molar-refractivity contribution is -0.142. The number of urea groups is 1. The summed E-state index contributed by atoms with van der Waals surface area (Å²) in [5.41, 5.74) is 13.1. The van der Waals surface area contributed by atoms with Gasteiger partial charge in [0.15, 0.2) is 0 Å². The standard InChI is InChI=1S/C57H75N9O10S/c1-33-48(77-32-61-33)39-20-18-36(19-21-39)29-60-50(69)44-28-41(67)30-65(44)53(72)49(56(3,4)5)64-54(73)59-26-10-11-35-14-16-37(17-15-35)31-75-34(2)42(24-25-46(58)68)62-51(70)45-27-40-13-9-12-38-22-23-43(52(71)66(45)47(38)40)63-55(74)76-57(6,7)8/h9,12-21,32,34,41-45,49,67H,10-11,22-31H2,1-8H3,(H2,58,68)(H,60,69)(H,62,70)(H,63,74)(H2,59,64,73)/t34-,41-,42+,43+,44+,45+,49-/m1/s1. The van der Waals surface area contributed by atoms with Crippen LogP contribution in [0.25, 0.3) is 10.4 Å². The maximum atomic E-state index is 14.2. The predicted molar refractivity (Wildman–Crippen MR) is 292 cm³/mol. The van der Waals surface area contributed by atoms with Crippen molar-refractivity contribution in [3.63, 3.8) is 0 Å². The molecular formula is C57H75N9O10S. The minimum absolute atomic E-state index is 0.00437. The number of hydrogen-bond acceptors (Lipinski definition) is 12. The normalized spacial score (nSPS) is 19.3. The first-order chi connectivity index (χ1) is 36.4. The van der Waals surface area contributed by atoms with Gasteiger partial charge in [-0.05, 0) is 106 Å². The second kappa shape index (κ2) is 25.1. The highest BCUT2D eigenvalue weighted by Gasteiger charge is 2.46. The molecular weight excluding hydrogens is 1000 g/mol. The molecule has 8 N–H and O–H groups in total. The smallest absolute Gasteiger partial charge is 0.408 e. The number of thiazole rings is 1. The number of nitrogens with zero attached hydrogens (tertiary/aromatic N) is 3. The zero-order chi connectivity index (χ0) is 55.8. The van der Waals surface area contributed by atoms with Gasteiger partial charge in [-0.1, -0.05) is 87.5 Å². The molecule has 0 saturated carbocycles. The molecule has 4 heterocycles. The number of likely N-dealkylation sites (tertiary alicyclic amines) is 1. The molecule has 0 aliphatic carbocycles. The van der Waals surface area contributed by atoms with Gasteiger partial charge in [0.05, 0.1) is 46.6 Å². The number of aliphatic hydroxyl groups excluding tert-OH is 1. The molecule has 20 heteroatoms. The third-order valence-electron chi connectivity index (χ3n) is 14.1. The molecule has 0 unspecified atom stereocenters. The minimum atomic E-state index is -0.985. The quantitative estimate of drug-likeness (QED) is 0.0544. The number of nitrogens with one attached hydrogen (secondary N) is 5. The summed E-state index contributed by atoms with van der Waals surface area (Å²) >= 11 is 1.56. The number of carbonyl (C=O) groups is 7. The number of hydrogen-bond donors (Lipinski definition) is 7. The molecule has 0 spiro atoms. The van der Waals surface area contributed by atoms with E-state index in [9.17, 15) is 38.7 Å². The fraction of sp³-hybridized carbons (Fsp3) is 0.509. The van der Waals surface area contributed by atoms with E-state index in [0.29, 0.717) is 37.9 Å². The van der Waals surface area contributed by atoms with Gasteiger partial charge in [-0.3, -0.25) is 28.9 Å². The van der Waals surface area contributed by atoms with E-state index in [0.717, 1.165) is 44.0 Å². The van der Waals surface area contributed by atoms with Crippen LogP contribution < -0.4 is 37.2 Å². The minimum Gasteiger partial charge on any atom is -0.444 e. The summed E-state index contributed by atoms with van der Waals surface area (Å²) in [4.78, 5) is 102. The van der Waals surface area contributed by atoms with Crippen LogP contribution >= 0.6 is 11.3 Å². The van der Waals surface area contributed by atoms with Gasteiger partial charge in [-0.25, -0.2) is 14.6 Å². The number of benzene rings is 3. The summed E-state index contributed by atoms with van der Waals surface area (Å²) in [6.45, 7) is 15.2. The summed E-state index contributed by atoms with van der Waals surface area (Å²) in [5, 5.41) is 25.1. The van der Waals surface area contributed by atoms with E-state index in [2.05, 4.69) is 31.6 Å². The van der Waals surface area contributed by atoms with E-state index in [-0.39, 0.29) is 51.3 Å². The van der Waals surface area contributed by atoms with E-state index in [1.54, 1.807) is 37.6 Å². The fourth-order valence-corrected chi connectivity index (χ4v) is 10.8. The first kappa shape index (κ1) is 57.8. The highest BCUT2D eigenvalue weighted by Crippen LogP contribution is 2.39. The molecule has 414 valence electrons. The monoisotopic (exact) mass is 1080 g/mol. The molecule has 3 aliphatic rings. The maximum absolute atomic E-state index is 14.2. The number of anilines is 1. The Morgan fingerprint density at radius 1 is 0.883 bits per heavy atom. The molecule has 3 aliphatic heterocycles. The van der Waals surface area contributed by atoms with Gasteiger partial charge in [-0.2, -0.15) is 0 Å².